The maximum atomic E-state index is 10.3. The molecular formula is C10H19N7O5. The van der Waals surface area contributed by atoms with Gasteiger partial charge < -0.3 is 37.9 Å². The van der Waals surface area contributed by atoms with Crippen molar-refractivity contribution in [3.63, 3.8) is 0 Å². The van der Waals surface area contributed by atoms with Crippen molar-refractivity contribution in [2.45, 2.75) is 19.6 Å². The Kier molecular flexibility index (Phi) is 11.2. The van der Waals surface area contributed by atoms with Crippen LogP contribution < -0.4 is 22.9 Å². The highest BCUT2D eigenvalue weighted by Crippen LogP contribution is 1.97. The van der Waals surface area contributed by atoms with Crippen LogP contribution in [0.15, 0.2) is 12.7 Å². The molecule has 1 rings (SSSR count). The zero-order valence-corrected chi connectivity index (χ0v) is 11.8. The lowest BCUT2D eigenvalue weighted by atomic mass is 10.5. The van der Waals surface area contributed by atoms with Crippen LogP contribution in [0.1, 0.15) is 13.3 Å². The second-order valence-electron chi connectivity index (χ2n) is 3.25. The van der Waals surface area contributed by atoms with Crippen LogP contribution in [-0.2, 0) is 9.53 Å². The molecule has 22 heavy (non-hydrogen) atoms. The highest BCUT2D eigenvalue weighted by atomic mass is 16.6. The van der Waals surface area contributed by atoms with Crippen molar-refractivity contribution in [1.82, 2.24) is 15.0 Å². The van der Waals surface area contributed by atoms with Crippen molar-refractivity contribution in [2.24, 2.45) is 5.73 Å². The molecule has 0 bridgehead atoms. The number of carbonyl (C=O) groups is 2. The van der Waals surface area contributed by atoms with E-state index < -0.39 is 18.4 Å². The molecule has 1 unspecified atom stereocenters. The molecule has 12 heteroatoms. The Morgan fingerprint density at radius 1 is 1.23 bits per heavy atom. The average molecular weight is 317 g/mol. The number of carboxylic acid groups (broad SMARTS) is 1. The van der Waals surface area contributed by atoms with E-state index >= 15 is 0 Å². The van der Waals surface area contributed by atoms with Crippen molar-refractivity contribution in [1.29, 1.82) is 0 Å². The molecule has 0 aliphatic heterocycles. The molecule has 1 atom stereocenters. The number of nitrogens with two attached hydrogens (primary N) is 4. The first kappa shape index (κ1) is 21.2. The Hall–Kier alpha value is -3.15. The lowest BCUT2D eigenvalue weighted by Gasteiger charge is -2.05. The van der Waals surface area contributed by atoms with E-state index in [1.54, 1.807) is 6.92 Å². The third-order valence-corrected chi connectivity index (χ3v) is 1.46. The van der Waals surface area contributed by atoms with Crippen LogP contribution >= 0.6 is 0 Å². The predicted octanol–water partition coefficient (Wildman–Crippen LogP) is -1.31. The summed E-state index contributed by atoms with van der Waals surface area (Å²) < 4.78 is 4.35. The number of rotatable bonds is 3. The number of carbonyl (C=O) groups excluding carboxylic acids is 1. The standard InChI is InChI=1S/C6H10O3.C3H6N6.CH3NO2/c1-3-5(7)9-6(8)4-2;4-1-7-2(5)9-3(6)8-1;2-1(3)4/h3,6,8H,1,4H2,2H3;(H6,4,5,6,7,8,9);2H2,(H,3,4). The molecule has 0 saturated heterocycles. The Morgan fingerprint density at radius 3 is 1.77 bits per heavy atom. The molecule has 12 nitrogen and oxygen atoms in total. The number of ether oxygens (including phenoxy) is 1. The molecule has 0 spiro atoms. The number of aliphatic hydroxyl groups excluding tert-OH is 1. The minimum atomic E-state index is -1.33. The Bertz CT molecular complexity index is 442. The summed E-state index contributed by atoms with van der Waals surface area (Å²) in [6, 6.07) is 0. The van der Waals surface area contributed by atoms with E-state index in [1.165, 1.54) is 0 Å². The highest BCUT2D eigenvalue weighted by Gasteiger charge is 2.02. The second kappa shape index (κ2) is 11.7. The van der Waals surface area contributed by atoms with Gasteiger partial charge >= 0.3 is 12.1 Å². The van der Waals surface area contributed by atoms with Gasteiger partial charge in [-0.3, -0.25) is 0 Å². The Labute approximate surface area is 125 Å². The van der Waals surface area contributed by atoms with Crippen molar-refractivity contribution in [2.75, 3.05) is 17.2 Å². The summed E-state index contributed by atoms with van der Waals surface area (Å²) in [6.45, 7) is 4.87. The van der Waals surface area contributed by atoms with Gasteiger partial charge in [0.2, 0.25) is 24.1 Å². The van der Waals surface area contributed by atoms with E-state index in [1.807, 2.05) is 0 Å². The number of nitrogen functional groups attached to an aromatic ring is 3. The van der Waals surface area contributed by atoms with Gasteiger partial charge in [-0.05, 0) is 0 Å². The summed E-state index contributed by atoms with van der Waals surface area (Å²) in [5.41, 5.74) is 19.4. The number of hydrogen-bond donors (Lipinski definition) is 6. The number of primary amides is 1. The maximum Gasteiger partial charge on any atom is 0.402 e. The predicted molar refractivity (Wildman–Crippen MR) is 77.9 cm³/mol. The van der Waals surface area contributed by atoms with E-state index in [0.717, 1.165) is 6.08 Å². The van der Waals surface area contributed by atoms with Crippen LogP contribution in [-0.4, -0.2) is 43.5 Å². The van der Waals surface area contributed by atoms with Crippen molar-refractivity contribution in [3.8, 4) is 0 Å². The minimum Gasteiger partial charge on any atom is -0.465 e. The smallest absolute Gasteiger partial charge is 0.402 e. The number of aromatic nitrogens is 3. The van der Waals surface area contributed by atoms with Crippen molar-refractivity contribution in [3.05, 3.63) is 12.7 Å². The summed E-state index contributed by atoms with van der Waals surface area (Å²) in [5.74, 6) is -0.468. The monoisotopic (exact) mass is 317 g/mol. The van der Waals surface area contributed by atoms with E-state index in [9.17, 15) is 4.79 Å². The van der Waals surface area contributed by atoms with Gasteiger partial charge in [0.15, 0.2) is 0 Å². The number of esters is 1. The highest BCUT2D eigenvalue weighted by molar-refractivity contribution is 5.81. The molecule has 1 aromatic heterocycles. The van der Waals surface area contributed by atoms with Crippen LogP contribution in [0.4, 0.5) is 22.6 Å². The minimum absolute atomic E-state index is 0.0417. The Balaban J connectivity index is 0. The lowest BCUT2D eigenvalue weighted by molar-refractivity contribution is -0.161. The molecule has 0 aliphatic rings. The molecular weight excluding hydrogens is 298 g/mol. The third-order valence-electron chi connectivity index (χ3n) is 1.46. The molecule has 0 aliphatic carbocycles. The van der Waals surface area contributed by atoms with Crippen molar-refractivity contribution < 1.29 is 24.5 Å². The van der Waals surface area contributed by atoms with E-state index in [0.29, 0.717) is 6.42 Å². The van der Waals surface area contributed by atoms with Crippen LogP contribution in [0.5, 0.6) is 0 Å². The molecule has 124 valence electrons. The quantitative estimate of drug-likeness (QED) is 0.217. The topological polar surface area (TPSA) is 227 Å². The van der Waals surface area contributed by atoms with Gasteiger partial charge in [0.1, 0.15) is 0 Å². The summed E-state index contributed by atoms with van der Waals surface area (Å²) in [5, 5.41) is 15.9. The summed E-state index contributed by atoms with van der Waals surface area (Å²) in [7, 11) is 0. The summed E-state index contributed by atoms with van der Waals surface area (Å²) in [6.07, 6.45) is -0.908. The molecule has 1 heterocycles. The van der Waals surface area contributed by atoms with E-state index in [4.69, 9.17) is 32.2 Å². The zero-order valence-electron chi connectivity index (χ0n) is 11.8. The van der Waals surface area contributed by atoms with Crippen LogP contribution in [0.3, 0.4) is 0 Å². The SMILES string of the molecule is C=CC(=O)OC(O)CC.NC(=O)O.Nc1nc(N)nc(N)n1. The van der Waals surface area contributed by atoms with Crippen molar-refractivity contribution >= 4 is 29.9 Å². The van der Waals surface area contributed by atoms with Crippen LogP contribution in [0.25, 0.3) is 0 Å². The number of aliphatic hydroxyl groups is 1. The van der Waals surface area contributed by atoms with Gasteiger partial charge in [0.25, 0.3) is 0 Å². The van der Waals surface area contributed by atoms with Crippen LogP contribution in [0.2, 0.25) is 0 Å². The first-order valence-corrected chi connectivity index (χ1v) is 5.64. The normalized spacial score (nSPS) is 9.91. The molecule has 1 amide bonds. The fraction of sp³-hybridized carbons (Fsp3) is 0.300. The Morgan fingerprint density at radius 2 is 1.55 bits per heavy atom. The van der Waals surface area contributed by atoms with Gasteiger partial charge in [-0.25, -0.2) is 9.59 Å². The molecule has 1 aromatic rings. The molecule has 0 saturated carbocycles. The largest absolute Gasteiger partial charge is 0.465 e. The van der Waals surface area contributed by atoms with Gasteiger partial charge in [-0.1, -0.05) is 13.5 Å². The first-order valence-electron chi connectivity index (χ1n) is 5.64. The lowest BCUT2D eigenvalue weighted by Crippen LogP contribution is -2.14. The number of anilines is 3. The third kappa shape index (κ3) is 14.9. The average Bonchev–Trinajstić information content (AvgIpc) is 2.36. The van der Waals surface area contributed by atoms with Gasteiger partial charge in [0, 0.05) is 12.5 Å². The zero-order chi connectivity index (χ0) is 17.7. The molecule has 0 radical (unpaired) electrons. The van der Waals surface area contributed by atoms with E-state index in [2.05, 4.69) is 32.0 Å². The van der Waals surface area contributed by atoms with Gasteiger partial charge in [-0.2, -0.15) is 15.0 Å². The maximum absolute atomic E-state index is 10.3. The first-order chi connectivity index (χ1) is 10.1. The number of hydrogen-bond acceptors (Lipinski definition) is 10. The fourth-order valence-electron chi connectivity index (χ4n) is 0.693. The molecule has 10 N–H and O–H groups in total. The number of nitrogens with zero attached hydrogens (tertiary/aromatic N) is 3. The summed E-state index contributed by atoms with van der Waals surface area (Å²) >= 11 is 0. The molecule has 0 aromatic carbocycles. The second-order valence-corrected chi connectivity index (χ2v) is 3.25. The summed E-state index contributed by atoms with van der Waals surface area (Å²) in [4.78, 5) is 29.5. The van der Waals surface area contributed by atoms with Gasteiger partial charge in [0.05, 0.1) is 0 Å². The van der Waals surface area contributed by atoms with E-state index in [-0.39, 0.29) is 17.8 Å². The fourth-order valence-corrected chi connectivity index (χ4v) is 0.693. The van der Waals surface area contributed by atoms with Crippen LogP contribution in [0, 0.1) is 0 Å². The molecule has 0 fully saturated rings. The number of amides is 1. The van der Waals surface area contributed by atoms with Gasteiger partial charge in [-0.15, -0.1) is 0 Å².